The number of carbonyl (C=O) groups is 1. The Kier molecular flexibility index (Phi) is 3.92. The first-order valence-electron chi connectivity index (χ1n) is 8.49. The Morgan fingerprint density at radius 3 is 3.04 bits per heavy atom. The van der Waals surface area contributed by atoms with Crippen molar-refractivity contribution < 1.29 is 9.90 Å². The summed E-state index contributed by atoms with van der Waals surface area (Å²) >= 11 is 1.68. The number of amides is 1. The average Bonchev–Trinajstić information content (AvgIpc) is 3.15. The Balaban J connectivity index is 1.62. The Morgan fingerprint density at radius 1 is 1.33 bits per heavy atom. The Labute approximate surface area is 145 Å². The summed E-state index contributed by atoms with van der Waals surface area (Å²) in [4.78, 5) is 28.1. The highest BCUT2D eigenvalue weighted by Crippen LogP contribution is 2.42. The van der Waals surface area contributed by atoms with Crippen LogP contribution in [0.25, 0.3) is 10.2 Å². The van der Waals surface area contributed by atoms with Crippen LogP contribution in [0.3, 0.4) is 0 Å². The van der Waals surface area contributed by atoms with Crippen molar-refractivity contribution in [3.05, 3.63) is 17.3 Å². The zero-order valence-electron chi connectivity index (χ0n) is 13.9. The minimum atomic E-state index is -0.310. The molecule has 4 heterocycles. The third-order valence-electron chi connectivity index (χ3n) is 5.28. The third-order valence-corrected chi connectivity index (χ3v) is 6.24. The number of rotatable bonds is 3. The minimum absolute atomic E-state index is 0.0340. The number of aliphatic hydroxyl groups is 1. The predicted octanol–water partition coefficient (Wildman–Crippen LogP) is 1.81. The number of carbonyl (C=O) groups excluding carboxylic acids is 1. The van der Waals surface area contributed by atoms with E-state index < -0.39 is 0 Å². The molecule has 4 rings (SSSR count). The zero-order chi connectivity index (χ0) is 16.7. The molecule has 1 atom stereocenters. The van der Waals surface area contributed by atoms with Crippen molar-refractivity contribution in [1.29, 1.82) is 0 Å². The fraction of sp³-hybridized carbons (Fsp3) is 0.588. The normalized spacial score (nSPS) is 24.5. The van der Waals surface area contributed by atoms with Crippen LogP contribution in [0.15, 0.2) is 12.4 Å². The van der Waals surface area contributed by atoms with E-state index in [-0.39, 0.29) is 17.9 Å². The summed E-state index contributed by atoms with van der Waals surface area (Å²) in [6.07, 6.45) is 4.43. The van der Waals surface area contributed by atoms with Gasteiger partial charge in [-0.05, 0) is 32.3 Å². The number of aliphatic hydroxyl groups excluding tert-OH is 1. The van der Waals surface area contributed by atoms with E-state index in [4.69, 9.17) is 0 Å². The van der Waals surface area contributed by atoms with Crippen LogP contribution in [0.2, 0.25) is 0 Å². The maximum Gasteiger partial charge on any atom is 0.230 e. The van der Waals surface area contributed by atoms with Gasteiger partial charge in [-0.3, -0.25) is 4.79 Å². The molecule has 0 radical (unpaired) electrons. The number of hydrogen-bond acceptors (Lipinski definition) is 6. The van der Waals surface area contributed by atoms with Crippen molar-refractivity contribution in [2.75, 3.05) is 37.7 Å². The van der Waals surface area contributed by atoms with Gasteiger partial charge >= 0.3 is 0 Å². The minimum Gasteiger partial charge on any atom is -0.395 e. The highest BCUT2D eigenvalue weighted by Gasteiger charge is 2.48. The first kappa shape index (κ1) is 15.8. The second-order valence-electron chi connectivity index (χ2n) is 6.84. The Hall–Kier alpha value is -1.73. The molecule has 2 fully saturated rings. The molecule has 1 amide bonds. The van der Waals surface area contributed by atoms with Crippen LogP contribution in [0.4, 0.5) is 5.82 Å². The summed E-state index contributed by atoms with van der Waals surface area (Å²) in [5.41, 5.74) is -0.310. The predicted molar refractivity (Wildman–Crippen MR) is 94.3 cm³/mol. The van der Waals surface area contributed by atoms with Gasteiger partial charge in [-0.1, -0.05) is 0 Å². The largest absolute Gasteiger partial charge is 0.395 e. The Morgan fingerprint density at radius 2 is 2.21 bits per heavy atom. The molecule has 2 aromatic heterocycles. The molecule has 0 aromatic carbocycles. The lowest BCUT2D eigenvalue weighted by Crippen LogP contribution is -2.50. The van der Waals surface area contributed by atoms with Gasteiger partial charge in [0.2, 0.25) is 5.91 Å². The van der Waals surface area contributed by atoms with E-state index in [0.717, 1.165) is 54.9 Å². The van der Waals surface area contributed by atoms with E-state index in [1.54, 1.807) is 17.7 Å². The SMILES string of the molecule is Cc1cc2c(N3CC[C@@]4(CCCN(CCO)C4=O)C3)ncnc2s1. The fourth-order valence-corrected chi connectivity index (χ4v) is 4.98. The number of anilines is 1. The molecule has 24 heavy (non-hydrogen) atoms. The van der Waals surface area contributed by atoms with E-state index in [1.165, 1.54) is 4.88 Å². The summed E-state index contributed by atoms with van der Waals surface area (Å²) in [6.45, 7) is 4.89. The molecule has 2 aromatic rings. The molecule has 0 saturated carbocycles. The van der Waals surface area contributed by atoms with Crippen molar-refractivity contribution in [3.63, 3.8) is 0 Å². The number of likely N-dealkylation sites (tertiary alicyclic amines) is 1. The monoisotopic (exact) mass is 346 g/mol. The topological polar surface area (TPSA) is 69.6 Å². The van der Waals surface area contributed by atoms with Crippen molar-refractivity contribution in [3.8, 4) is 0 Å². The molecule has 0 unspecified atom stereocenters. The van der Waals surface area contributed by atoms with Gasteiger partial charge in [-0.25, -0.2) is 9.97 Å². The van der Waals surface area contributed by atoms with Crippen molar-refractivity contribution in [1.82, 2.24) is 14.9 Å². The number of thiophene rings is 1. The first-order valence-corrected chi connectivity index (χ1v) is 9.31. The van der Waals surface area contributed by atoms with Gasteiger partial charge in [0.05, 0.1) is 17.4 Å². The lowest BCUT2D eigenvalue weighted by Gasteiger charge is -2.39. The van der Waals surface area contributed by atoms with Crippen LogP contribution in [-0.4, -0.2) is 58.7 Å². The van der Waals surface area contributed by atoms with E-state index in [0.29, 0.717) is 6.54 Å². The number of piperidine rings is 1. The summed E-state index contributed by atoms with van der Waals surface area (Å²) in [7, 11) is 0. The zero-order valence-corrected chi connectivity index (χ0v) is 14.7. The van der Waals surface area contributed by atoms with Crippen LogP contribution in [0, 0.1) is 12.3 Å². The highest BCUT2D eigenvalue weighted by atomic mass is 32.1. The van der Waals surface area contributed by atoms with Gasteiger partial charge in [0.25, 0.3) is 0 Å². The van der Waals surface area contributed by atoms with Crippen LogP contribution in [-0.2, 0) is 4.79 Å². The summed E-state index contributed by atoms with van der Waals surface area (Å²) < 4.78 is 0. The van der Waals surface area contributed by atoms with Crippen LogP contribution >= 0.6 is 11.3 Å². The van der Waals surface area contributed by atoms with Crippen LogP contribution < -0.4 is 4.90 Å². The molecule has 2 aliphatic heterocycles. The molecular formula is C17H22N4O2S. The van der Waals surface area contributed by atoms with E-state index in [9.17, 15) is 9.90 Å². The van der Waals surface area contributed by atoms with Gasteiger partial charge < -0.3 is 14.9 Å². The van der Waals surface area contributed by atoms with Crippen molar-refractivity contribution in [2.45, 2.75) is 26.2 Å². The molecule has 6 nitrogen and oxygen atoms in total. The molecule has 2 saturated heterocycles. The summed E-state index contributed by atoms with van der Waals surface area (Å²) in [5, 5.41) is 10.3. The molecule has 128 valence electrons. The molecule has 1 spiro atoms. The second kappa shape index (κ2) is 5.97. The van der Waals surface area contributed by atoms with Crippen molar-refractivity contribution in [2.24, 2.45) is 5.41 Å². The van der Waals surface area contributed by atoms with Gasteiger partial charge in [0, 0.05) is 31.1 Å². The summed E-state index contributed by atoms with van der Waals surface area (Å²) in [6, 6.07) is 2.14. The van der Waals surface area contributed by atoms with E-state index in [2.05, 4.69) is 27.9 Å². The highest BCUT2D eigenvalue weighted by molar-refractivity contribution is 7.18. The maximum atomic E-state index is 12.9. The average molecular weight is 346 g/mol. The number of aromatic nitrogens is 2. The fourth-order valence-electron chi connectivity index (χ4n) is 4.13. The smallest absolute Gasteiger partial charge is 0.230 e. The van der Waals surface area contributed by atoms with Crippen LogP contribution in [0.5, 0.6) is 0 Å². The quantitative estimate of drug-likeness (QED) is 0.918. The number of hydrogen-bond donors (Lipinski definition) is 1. The van der Waals surface area contributed by atoms with E-state index in [1.807, 2.05) is 4.90 Å². The number of aryl methyl sites for hydroxylation is 1. The number of β-amino-alcohol motifs (C(OH)–C–C–N with tert-alkyl or cyclic N) is 1. The first-order chi connectivity index (χ1) is 11.6. The van der Waals surface area contributed by atoms with Gasteiger partial charge in [-0.15, -0.1) is 11.3 Å². The lowest BCUT2D eigenvalue weighted by molar-refractivity contribution is -0.145. The number of nitrogens with zero attached hydrogens (tertiary/aromatic N) is 4. The maximum absolute atomic E-state index is 12.9. The second-order valence-corrected chi connectivity index (χ2v) is 8.08. The Bertz CT molecular complexity index is 775. The van der Waals surface area contributed by atoms with Gasteiger partial charge in [0.1, 0.15) is 17.0 Å². The summed E-state index contributed by atoms with van der Waals surface area (Å²) in [5.74, 6) is 1.16. The molecular weight excluding hydrogens is 324 g/mol. The van der Waals surface area contributed by atoms with Crippen LogP contribution in [0.1, 0.15) is 24.1 Å². The molecule has 7 heteroatoms. The van der Waals surface area contributed by atoms with E-state index >= 15 is 0 Å². The molecule has 1 N–H and O–H groups in total. The van der Waals surface area contributed by atoms with Gasteiger partial charge in [0.15, 0.2) is 0 Å². The molecule has 2 aliphatic rings. The molecule has 0 bridgehead atoms. The molecule has 0 aliphatic carbocycles. The van der Waals surface area contributed by atoms with Crippen molar-refractivity contribution >= 4 is 33.3 Å². The number of fused-ring (bicyclic) bond motifs is 1. The standard InChI is InChI=1S/C17H22N4O2S/c1-12-9-13-14(18-11-19-15(13)24-12)21-6-4-17(10-21)3-2-5-20(7-8-22)16(17)23/h9,11,22H,2-8,10H2,1H3/t17-/m0/s1. The third kappa shape index (κ3) is 2.46. The van der Waals surface area contributed by atoms with Gasteiger partial charge in [-0.2, -0.15) is 0 Å². The lowest BCUT2D eigenvalue weighted by atomic mass is 9.78.